The number of carbonyl (C=O) groups is 1. The first-order valence-corrected chi connectivity index (χ1v) is 11.5. The van der Waals surface area contributed by atoms with E-state index in [1.54, 1.807) is 12.1 Å². The zero-order valence-electron chi connectivity index (χ0n) is 20.2. The standard InChI is InChI=1S/C26H32FN5O2/c1-17-5-6-19(29-20-11-18(27)12-21(13-20)32-7-9-34-10-8-32)14-22(17)23-15-24(31-30-23)25(33)28-16-26(2,3)4/h5-6,11-15,29H,7-10,16H2,1-4H3,(H,28,33)(H,30,31). The number of H-pyrrole nitrogens is 1. The second-order valence-corrected chi connectivity index (χ2v) is 9.86. The third kappa shape index (κ3) is 5.94. The molecule has 0 aliphatic carbocycles. The largest absolute Gasteiger partial charge is 0.378 e. The van der Waals surface area contributed by atoms with Crippen LogP contribution in [0, 0.1) is 18.2 Å². The normalized spacial score (nSPS) is 14.2. The lowest BCUT2D eigenvalue weighted by Crippen LogP contribution is -2.36. The number of ether oxygens (including phenoxy) is 1. The highest BCUT2D eigenvalue weighted by Gasteiger charge is 2.17. The lowest BCUT2D eigenvalue weighted by molar-refractivity contribution is 0.0934. The van der Waals surface area contributed by atoms with Crippen LogP contribution in [0.25, 0.3) is 11.3 Å². The van der Waals surface area contributed by atoms with E-state index in [0.717, 1.165) is 35.6 Å². The molecule has 0 unspecified atom stereocenters. The van der Waals surface area contributed by atoms with Gasteiger partial charge in [0.2, 0.25) is 0 Å². The minimum Gasteiger partial charge on any atom is -0.378 e. The number of aromatic nitrogens is 2. The van der Waals surface area contributed by atoms with Crippen LogP contribution >= 0.6 is 0 Å². The SMILES string of the molecule is Cc1ccc(Nc2cc(F)cc(N3CCOCC3)c2)cc1-c1cc(C(=O)NCC(C)(C)C)[nH]n1. The van der Waals surface area contributed by atoms with E-state index < -0.39 is 0 Å². The van der Waals surface area contributed by atoms with Crippen molar-refractivity contribution in [2.24, 2.45) is 5.41 Å². The molecule has 0 radical (unpaired) electrons. The first-order valence-electron chi connectivity index (χ1n) is 11.5. The minimum absolute atomic E-state index is 0.00630. The molecule has 3 aromatic rings. The Hall–Kier alpha value is -3.39. The van der Waals surface area contributed by atoms with Crippen molar-refractivity contribution in [1.29, 1.82) is 0 Å². The fourth-order valence-electron chi connectivity index (χ4n) is 3.81. The van der Waals surface area contributed by atoms with Gasteiger partial charge in [0.1, 0.15) is 11.5 Å². The van der Waals surface area contributed by atoms with E-state index in [9.17, 15) is 9.18 Å². The molecule has 180 valence electrons. The first-order chi connectivity index (χ1) is 16.2. The maximum absolute atomic E-state index is 14.4. The van der Waals surface area contributed by atoms with Crippen LogP contribution in [0.15, 0.2) is 42.5 Å². The second-order valence-electron chi connectivity index (χ2n) is 9.86. The van der Waals surface area contributed by atoms with Gasteiger partial charge in [-0.2, -0.15) is 5.10 Å². The number of anilines is 3. The summed E-state index contributed by atoms with van der Waals surface area (Å²) >= 11 is 0. The Morgan fingerprint density at radius 1 is 1.12 bits per heavy atom. The van der Waals surface area contributed by atoms with Crippen molar-refractivity contribution in [2.75, 3.05) is 43.1 Å². The fraction of sp³-hybridized carbons (Fsp3) is 0.385. The van der Waals surface area contributed by atoms with Gasteiger partial charge in [0.25, 0.3) is 5.91 Å². The van der Waals surface area contributed by atoms with Crippen molar-refractivity contribution >= 4 is 23.0 Å². The topological polar surface area (TPSA) is 82.3 Å². The summed E-state index contributed by atoms with van der Waals surface area (Å²) < 4.78 is 19.8. The number of hydrogen-bond acceptors (Lipinski definition) is 5. The number of nitrogens with zero attached hydrogens (tertiary/aromatic N) is 2. The summed E-state index contributed by atoms with van der Waals surface area (Å²) in [6.07, 6.45) is 0. The number of aromatic amines is 1. The van der Waals surface area contributed by atoms with Gasteiger partial charge in [0.15, 0.2) is 0 Å². The zero-order valence-corrected chi connectivity index (χ0v) is 20.2. The van der Waals surface area contributed by atoms with Crippen molar-refractivity contribution in [1.82, 2.24) is 15.5 Å². The molecule has 4 rings (SSSR count). The van der Waals surface area contributed by atoms with Gasteiger partial charge >= 0.3 is 0 Å². The highest BCUT2D eigenvalue weighted by atomic mass is 19.1. The number of nitrogens with one attached hydrogen (secondary N) is 3. The molecule has 1 aromatic heterocycles. The Labute approximate surface area is 199 Å². The molecule has 1 saturated heterocycles. The summed E-state index contributed by atoms with van der Waals surface area (Å²) in [4.78, 5) is 14.6. The molecular weight excluding hydrogens is 433 g/mol. The number of rotatable bonds is 6. The predicted molar refractivity (Wildman–Crippen MR) is 133 cm³/mol. The first kappa shape index (κ1) is 23.8. The summed E-state index contributed by atoms with van der Waals surface area (Å²) in [6, 6.07) is 12.6. The Morgan fingerprint density at radius 3 is 2.62 bits per heavy atom. The Morgan fingerprint density at radius 2 is 1.88 bits per heavy atom. The summed E-state index contributed by atoms with van der Waals surface area (Å²) in [7, 11) is 0. The van der Waals surface area contributed by atoms with Crippen molar-refractivity contribution < 1.29 is 13.9 Å². The predicted octanol–water partition coefficient (Wildman–Crippen LogP) is 4.88. The molecule has 1 aliphatic rings. The van der Waals surface area contributed by atoms with Gasteiger partial charge in [-0.1, -0.05) is 26.8 Å². The summed E-state index contributed by atoms with van der Waals surface area (Å²) in [5.41, 5.74) is 5.30. The second kappa shape index (κ2) is 9.85. The maximum atomic E-state index is 14.4. The van der Waals surface area contributed by atoms with E-state index in [0.29, 0.717) is 36.8 Å². The molecule has 0 bridgehead atoms. The quantitative estimate of drug-likeness (QED) is 0.483. The molecule has 1 amide bonds. The highest BCUT2D eigenvalue weighted by Crippen LogP contribution is 2.29. The van der Waals surface area contributed by atoms with E-state index in [2.05, 4.69) is 46.5 Å². The molecule has 0 spiro atoms. The highest BCUT2D eigenvalue weighted by molar-refractivity contribution is 5.93. The van der Waals surface area contributed by atoms with E-state index in [1.807, 2.05) is 31.2 Å². The lowest BCUT2D eigenvalue weighted by Gasteiger charge is -2.29. The molecule has 2 heterocycles. The number of halogens is 1. The van der Waals surface area contributed by atoms with Crippen molar-refractivity contribution in [2.45, 2.75) is 27.7 Å². The zero-order chi connectivity index (χ0) is 24.3. The molecule has 0 atom stereocenters. The van der Waals surface area contributed by atoms with Gasteiger partial charge in [-0.15, -0.1) is 0 Å². The van der Waals surface area contributed by atoms with Gasteiger partial charge in [-0.3, -0.25) is 9.89 Å². The van der Waals surface area contributed by atoms with Crippen LogP contribution in [-0.2, 0) is 4.74 Å². The molecule has 1 fully saturated rings. The number of aryl methyl sites for hydroxylation is 1. The molecule has 8 heteroatoms. The Bertz CT molecular complexity index is 1160. The molecule has 3 N–H and O–H groups in total. The monoisotopic (exact) mass is 465 g/mol. The summed E-state index contributed by atoms with van der Waals surface area (Å²) in [5, 5.41) is 13.4. The van der Waals surface area contributed by atoms with Crippen molar-refractivity contribution in [3.05, 3.63) is 59.5 Å². The van der Waals surface area contributed by atoms with Crippen LogP contribution < -0.4 is 15.5 Å². The minimum atomic E-state index is -0.294. The average Bonchev–Trinajstić information content (AvgIpc) is 3.29. The van der Waals surface area contributed by atoms with Crippen LogP contribution in [0.3, 0.4) is 0 Å². The number of benzene rings is 2. The molecule has 1 aliphatic heterocycles. The van der Waals surface area contributed by atoms with Gasteiger partial charge in [-0.05, 0) is 54.3 Å². The van der Waals surface area contributed by atoms with E-state index in [4.69, 9.17) is 4.74 Å². The third-order valence-corrected chi connectivity index (χ3v) is 5.66. The van der Waals surface area contributed by atoms with Gasteiger partial charge in [0.05, 0.1) is 18.9 Å². The van der Waals surface area contributed by atoms with Crippen LogP contribution in [0.4, 0.5) is 21.5 Å². The molecule has 34 heavy (non-hydrogen) atoms. The van der Waals surface area contributed by atoms with E-state index in [-0.39, 0.29) is 17.1 Å². The summed E-state index contributed by atoms with van der Waals surface area (Å²) in [5.74, 6) is -0.479. The van der Waals surface area contributed by atoms with Gasteiger partial charge in [0, 0.05) is 42.3 Å². The van der Waals surface area contributed by atoms with Crippen LogP contribution in [0.2, 0.25) is 0 Å². The third-order valence-electron chi connectivity index (χ3n) is 5.66. The van der Waals surface area contributed by atoms with Gasteiger partial charge < -0.3 is 20.3 Å². The van der Waals surface area contributed by atoms with Crippen molar-refractivity contribution in [3.8, 4) is 11.3 Å². The van der Waals surface area contributed by atoms with E-state index >= 15 is 0 Å². The van der Waals surface area contributed by atoms with Crippen LogP contribution in [0.5, 0.6) is 0 Å². The molecule has 2 aromatic carbocycles. The average molecular weight is 466 g/mol. The maximum Gasteiger partial charge on any atom is 0.269 e. The van der Waals surface area contributed by atoms with Crippen molar-refractivity contribution in [3.63, 3.8) is 0 Å². The van der Waals surface area contributed by atoms with Crippen LogP contribution in [0.1, 0.15) is 36.8 Å². The Kier molecular flexibility index (Phi) is 6.88. The Balaban J connectivity index is 1.53. The molecule has 7 nitrogen and oxygen atoms in total. The van der Waals surface area contributed by atoms with Gasteiger partial charge in [-0.25, -0.2) is 4.39 Å². The molecular formula is C26H32FN5O2. The number of amides is 1. The number of hydrogen-bond donors (Lipinski definition) is 3. The lowest BCUT2D eigenvalue weighted by atomic mass is 9.97. The van der Waals surface area contributed by atoms with E-state index in [1.165, 1.54) is 6.07 Å². The molecule has 0 saturated carbocycles. The summed E-state index contributed by atoms with van der Waals surface area (Å²) in [6.45, 7) is 11.5. The fourth-order valence-corrected chi connectivity index (χ4v) is 3.81. The smallest absolute Gasteiger partial charge is 0.269 e. The number of carbonyl (C=O) groups excluding carboxylic acids is 1. The van der Waals surface area contributed by atoms with Crippen LogP contribution in [-0.4, -0.2) is 49.0 Å². The number of morpholine rings is 1.